The van der Waals surface area contributed by atoms with Gasteiger partial charge >= 0.3 is 6.03 Å². The number of primary amides is 1. The molecule has 0 spiro atoms. The average Bonchev–Trinajstić information content (AvgIpc) is 3.14. The van der Waals surface area contributed by atoms with Crippen molar-refractivity contribution in [3.8, 4) is 0 Å². The quantitative estimate of drug-likeness (QED) is 0.778. The Labute approximate surface area is 158 Å². The number of carbonyl (C=O) groups excluding carboxylic acids is 3. The van der Waals surface area contributed by atoms with Gasteiger partial charge < -0.3 is 16.0 Å². The summed E-state index contributed by atoms with van der Waals surface area (Å²) in [6.07, 6.45) is 0.0194. The summed E-state index contributed by atoms with van der Waals surface area (Å²) in [6.45, 7) is 0.830. The molecule has 1 saturated heterocycles. The maximum Gasteiger partial charge on any atom is 0.325 e. The Hall–Kier alpha value is -2.65. The van der Waals surface area contributed by atoms with Crippen LogP contribution in [-0.4, -0.2) is 47.4 Å². The van der Waals surface area contributed by atoms with Gasteiger partial charge in [0.2, 0.25) is 11.8 Å². The first kappa shape index (κ1) is 18.2. The van der Waals surface area contributed by atoms with Gasteiger partial charge in [-0.15, -0.1) is 11.3 Å². The number of hydrogen-bond donors (Lipinski definition) is 2. The van der Waals surface area contributed by atoms with Gasteiger partial charge in [0, 0.05) is 29.2 Å². The highest BCUT2D eigenvalue weighted by Gasteiger charge is 2.31. The molecule has 2 aromatic rings. The first-order valence-corrected chi connectivity index (χ1v) is 9.02. The van der Waals surface area contributed by atoms with E-state index in [2.05, 4.69) is 10.3 Å². The number of thiazole rings is 1. The molecule has 10 heteroatoms. The van der Waals surface area contributed by atoms with Crippen LogP contribution >= 0.6 is 22.9 Å². The summed E-state index contributed by atoms with van der Waals surface area (Å²) >= 11 is 7.16. The predicted octanol–water partition coefficient (Wildman–Crippen LogP) is 1.70. The van der Waals surface area contributed by atoms with Crippen molar-refractivity contribution in [1.29, 1.82) is 0 Å². The van der Waals surface area contributed by atoms with Crippen molar-refractivity contribution >= 4 is 51.6 Å². The molecule has 136 valence electrons. The van der Waals surface area contributed by atoms with Crippen LogP contribution in [0.25, 0.3) is 0 Å². The number of rotatable bonds is 6. The zero-order chi connectivity index (χ0) is 18.7. The zero-order valence-corrected chi connectivity index (χ0v) is 15.2. The monoisotopic (exact) mass is 393 g/mol. The lowest BCUT2D eigenvalue weighted by atomic mass is 10.3. The minimum absolute atomic E-state index is 0.0194. The summed E-state index contributed by atoms with van der Waals surface area (Å²) < 4.78 is 0. The number of benzene rings is 1. The second kappa shape index (κ2) is 7.71. The highest BCUT2D eigenvalue weighted by molar-refractivity contribution is 7.13. The minimum atomic E-state index is -0.489. The van der Waals surface area contributed by atoms with Crippen molar-refractivity contribution in [2.24, 2.45) is 5.73 Å². The van der Waals surface area contributed by atoms with E-state index in [1.54, 1.807) is 34.5 Å². The lowest BCUT2D eigenvalue weighted by Crippen LogP contribution is -2.37. The molecule has 1 aromatic heterocycles. The summed E-state index contributed by atoms with van der Waals surface area (Å²) in [5, 5.41) is 5.19. The van der Waals surface area contributed by atoms with Crippen molar-refractivity contribution < 1.29 is 14.4 Å². The van der Waals surface area contributed by atoms with E-state index in [4.69, 9.17) is 17.3 Å². The molecule has 26 heavy (non-hydrogen) atoms. The summed E-state index contributed by atoms with van der Waals surface area (Å²) in [7, 11) is 0. The van der Waals surface area contributed by atoms with Crippen molar-refractivity contribution in [3.63, 3.8) is 0 Å². The molecular formula is C16H16ClN5O3S. The van der Waals surface area contributed by atoms with E-state index in [9.17, 15) is 14.4 Å². The van der Waals surface area contributed by atoms with Crippen LogP contribution in [0.15, 0.2) is 29.6 Å². The van der Waals surface area contributed by atoms with Crippen LogP contribution in [0.3, 0.4) is 0 Å². The molecule has 0 atom stereocenters. The van der Waals surface area contributed by atoms with Crippen molar-refractivity contribution in [2.75, 3.05) is 29.9 Å². The zero-order valence-electron chi connectivity index (χ0n) is 13.6. The standard InChI is InChI=1S/C16H16ClN5O3S/c17-10-2-1-3-12(6-10)22-5-4-21(16(22)25)8-14(24)20-15-19-11(9-26-15)7-13(18)23/h1-3,6,9H,4-5,7-8H2,(H2,18,23)(H,19,20,24). The number of nitrogens with zero attached hydrogens (tertiary/aromatic N) is 3. The van der Waals surface area contributed by atoms with Crippen LogP contribution in [0, 0.1) is 0 Å². The number of hydrogen-bond acceptors (Lipinski definition) is 5. The lowest BCUT2D eigenvalue weighted by molar-refractivity contribution is -0.117. The fourth-order valence-electron chi connectivity index (χ4n) is 2.57. The Morgan fingerprint density at radius 1 is 1.35 bits per heavy atom. The average molecular weight is 394 g/mol. The Balaban J connectivity index is 1.57. The number of nitrogens with one attached hydrogen (secondary N) is 1. The number of aromatic nitrogens is 1. The highest BCUT2D eigenvalue weighted by Crippen LogP contribution is 2.23. The molecule has 3 rings (SSSR count). The number of amides is 4. The smallest absolute Gasteiger partial charge is 0.325 e. The van der Waals surface area contributed by atoms with E-state index in [-0.39, 0.29) is 24.9 Å². The summed E-state index contributed by atoms with van der Waals surface area (Å²) in [5.41, 5.74) is 6.31. The van der Waals surface area contributed by atoms with Crippen molar-refractivity contribution in [1.82, 2.24) is 9.88 Å². The first-order chi connectivity index (χ1) is 12.4. The molecule has 1 aliphatic heterocycles. The van der Waals surface area contributed by atoms with Crippen LogP contribution in [0.1, 0.15) is 5.69 Å². The molecule has 0 aliphatic carbocycles. The fourth-order valence-corrected chi connectivity index (χ4v) is 3.48. The van der Waals surface area contributed by atoms with E-state index in [0.29, 0.717) is 34.6 Å². The Bertz CT molecular complexity index is 856. The minimum Gasteiger partial charge on any atom is -0.369 e. The molecule has 0 bridgehead atoms. The van der Waals surface area contributed by atoms with E-state index in [1.807, 2.05) is 0 Å². The van der Waals surface area contributed by atoms with Gasteiger partial charge in [-0.3, -0.25) is 14.5 Å². The van der Waals surface area contributed by atoms with Crippen LogP contribution < -0.4 is 16.0 Å². The summed E-state index contributed by atoms with van der Waals surface area (Å²) in [6, 6.07) is 6.75. The van der Waals surface area contributed by atoms with Gasteiger partial charge in [0.15, 0.2) is 5.13 Å². The molecule has 2 heterocycles. The lowest BCUT2D eigenvalue weighted by Gasteiger charge is -2.18. The van der Waals surface area contributed by atoms with Gasteiger partial charge in [-0.25, -0.2) is 9.78 Å². The van der Waals surface area contributed by atoms with Gasteiger partial charge in [-0.2, -0.15) is 0 Å². The van der Waals surface area contributed by atoms with E-state index in [0.717, 1.165) is 0 Å². The Morgan fingerprint density at radius 2 is 2.15 bits per heavy atom. The second-order valence-corrected chi connectivity index (χ2v) is 6.97. The molecule has 1 aliphatic rings. The van der Waals surface area contributed by atoms with Crippen LogP contribution in [0.2, 0.25) is 5.02 Å². The summed E-state index contributed by atoms with van der Waals surface area (Å²) in [5.74, 6) is -0.844. The maximum atomic E-state index is 12.5. The molecule has 4 amide bonds. The maximum absolute atomic E-state index is 12.5. The third-order valence-corrected chi connectivity index (χ3v) is 4.74. The van der Waals surface area contributed by atoms with Crippen molar-refractivity contribution in [3.05, 3.63) is 40.4 Å². The van der Waals surface area contributed by atoms with E-state index < -0.39 is 5.91 Å². The van der Waals surface area contributed by atoms with Crippen LogP contribution in [-0.2, 0) is 16.0 Å². The SMILES string of the molecule is NC(=O)Cc1csc(NC(=O)CN2CCN(c3cccc(Cl)c3)C2=O)n1. The Morgan fingerprint density at radius 3 is 2.88 bits per heavy atom. The van der Waals surface area contributed by atoms with Gasteiger partial charge in [0.1, 0.15) is 6.54 Å². The van der Waals surface area contributed by atoms with E-state index >= 15 is 0 Å². The topological polar surface area (TPSA) is 109 Å². The van der Waals surface area contributed by atoms with E-state index in [1.165, 1.54) is 16.2 Å². The van der Waals surface area contributed by atoms with Gasteiger partial charge in [-0.1, -0.05) is 17.7 Å². The largest absolute Gasteiger partial charge is 0.369 e. The predicted molar refractivity (Wildman–Crippen MR) is 99.4 cm³/mol. The molecular weight excluding hydrogens is 378 g/mol. The Kier molecular flexibility index (Phi) is 5.38. The number of anilines is 2. The molecule has 3 N–H and O–H groups in total. The second-order valence-electron chi connectivity index (χ2n) is 5.67. The number of nitrogens with two attached hydrogens (primary N) is 1. The molecule has 0 unspecified atom stereocenters. The van der Waals surface area contributed by atoms with Crippen LogP contribution in [0.4, 0.5) is 15.6 Å². The molecule has 0 saturated carbocycles. The normalized spacial score (nSPS) is 14.0. The van der Waals surface area contributed by atoms with Crippen LogP contribution in [0.5, 0.6) is 0 Å². The third kappa shape index (κ3) is 4.30. The number of halogens is 1. The summed E-state index contributed by atoms with van der Waals surface area (Å²) in [4.78, 5) is 42.7. The van der Waals surface area contributed by atoms with Gasteiger partial charge in [0.05, 0.1) is 12.1 Å². The molecule has 1 fully saturated rings. The fraction of sp³-hybridized carbons (Fsp3) is 0.250. The van der Waals surface area contributed by atoms with Gasteiger partial charge in [0.25, 0.3) is 0 Å². The first-order valence-electron chi connectivity index (χ1n) is 7.77. The van der Waals surface area contributed by atoms with Gasteiger partial charge in [-0.05, 0) is 18.2 Å². The molecule has 8 nitrogen and oxygen atoms in total. The molecule has 0 radical (unpaired) electrons. The molecule has 1 aromatic carbocycles. The highest BCUT2D eigenvalue weighted by atomic mass is 35.5. The third-order valence-electron chi connectivity index (χ3n) is 3.70. The number of carbonyl (C=O) groups is 3. The number of urea groups is 1. The van der Waals surface area contributed by atoms with Crippen molar-refractivity contribution in [2.45, 2.75) is 6.42 Å².